The number of benzene rings is 2. The molecule has 1 saturated heterocycles. The van der Waals surface area contributed by atoms with Crippen molar-refractivity contribution < 1.29 is 5.11 Å². The van der Waals surface area contributed by atoms with Gasteiger partial charge in [0, 0.05) is 23.1 Å². The summed E-state index contributed by atoms with van der Waals surface area (Å²) in [6.45, 7) is 1.99. The van der Waals surface area contributed by atoms with Gasteiger partial charge in [0.15, 0.2) is 0 Å². The number of aromatic nitrogens is 2. The molecule has 1 aromatic heterocycles. The summed E-state index contributed by atoms with van der Waals surface area (Å²) >= 11 is 12.5. The molecule has 4 rings (SSSR count). The van der Waals surface area contributed by atoms with Crippen LogP contribution in [0, 0.1) is 0 Å². The van der Waals surface area contributed by atoms with Gasteiger partial charge >= 0.3 is 0 Å². The second-order valence-corrected chi connectivity index (χ2v) is 6.95. The van der Waals surface area contributed by atoms with Crippen molar-refractivity contribution in [3.05, 3.63) is 58.1 Å². The number of nitrogens with zero attached hydrogens (tertiary/aromatic N) is 3. The van der Waals surface area contributed by atoms with Gasteiger partial charge < -0.3 is 14.6 Å². The van der Waals surface area contributed by atoms with Crippen LogP contribution >= 0.6 is 23.2 Å². The number of anilines is 1. The minimum absolute atomic E-state index is 0.298. The highest BCUT2D eigenvalue weighted by molar-refractivity contribution is 6.33. The van der Waals surface area contributed by atoms with Crippen molar-refractivity contribution in [2.75, 3.05) is 18.0 Å². The number of rotatable bonds is 3. The highest BCUT2D eigenvalue weighted by Crippen LogP contribution is 2.29. The zero-order valence-electron chi connectivity index (χ0n) is 13.0. The molecule has 0 radical (unpaired) electrons. The Kier molecular flexibility index (Phi) is 4.12. The summed E-state index contributed by atoms with van der Waals surface area (Å²) in [5.41, 5.74) is 2.94. The van der Waals surface area contributed by atoms with E-state index in [-0.39, 0.29) is 6.10 Å². The first-order chi connectivity index (χ1) is 11.6. The molecule has 3 aromatic rings. The molecule has 124 valence electrons. The first kappa shape index (κ1) is 15.8. The minimum atomic E-state index is -0.298. The Morgan fingerprint density at radius 1 is 1.17 bits per heavy atom. The molecule has 2 aromatic carbocycles. The number of β-amino-alcohol motifs (C(OH)–C–C–N with tert-alkyl or cyclic N) is 1. The van der Waals surface area contributed by atoms with Gasteiger partial charge in [-0.2, -0.15) is 0 Å². The number of imidazole rings is 1. The fourth-order valence-corrected chi connectivity index (χ4v) is 3.59. The van der Waals surface area contributed by atoms with Crippen LogP contribution in [-0.4, -0.2) is 33.9 Å². The average molecular weight is 362 g/mol. The van der Waals surface area contributed by atoms with Crippen LogP contribution in [0.15, 0.2) is 42.5 Å². The summed E-state index contributed by atoms with van der Waals surface area (Å²) in [6.07, 6.45) is 0.467. The molecular weight excluding hydrogens is 345 g/mol. The van der Waals surface area contributed by atoms with E-state index in [1.54, 1.807) is 6.07 Å². The van der Waals surface area contributed by atoms with Crippen LogP contribution in [0.5, 0.6) is 0 Å². The molecule has 1 aliphatic rings. The summed E-state index contributed by atoms with van der Waals surface area (Å²) in [7, 11) is 0. The fraction of sp³-hybridized carbons (Fsp3) is 0.278. The lowest BCUT2D eigenvalue weighted by Crippen LogP contribution is -2.25. The highest BCUT2D eigenvalue weighted by atomic mass is 35.5. The van der Waals surface area contributed by atoms with Crippen molar-refractivity contribution in [3.8, 4) is 0 Å². The summed E-state index contributed by atoms with van der Waals surface area (Å²) in [5.74, 6) is 0.865. The Balaban J connectivity index is 1.81. The standard InChI is InChI=1S/C18H17Cl2N3O/c19-13-5-6-15(20)12(9-13)10-23-17-4-2-1-3-16(17)21-18(23)22-8-7-14(24)11-22/h1-6,9,14,24H,7-8,10-11H2/t14-/m0/s1. The molecular formula is C18H17Cl2N3O. The summed E-state index contributed by atoms with van der Waals surface area (Å²) in [6, 6.07) is 13.5. The first-order valence-corrected chi connectivity index (χ1v) is 8.69. The van der Waals surface area contributed by atoms with Crippen LogP contribution in [0.25, 0.3) is 11.0 Å². The van der Waals surface area contributed by atoms with Crippen LogP contribution in [0.2, 0.25) is 10.0 Å². The largest absolute Gasteiger partial charge is 0.391 e. The van der Waals surface area contributed by atoms with Gasteiger partial charge in [-0.3, -0.25) is 0 Å². The predicted molar refractivity (Wildman–Crippen MR) is 98.1 cm³/mol. The summed E-state index contributed by atoms with van der Waals surface area (Å²) in [5, 5.41) is 11.2. The topological polar surface area (TPSA) is 41.3 Å². The van der Waals surface area contributed by atoms with Crippen LogP contribution in [0.4, 0.5) is 5.95 Å². The molecule has 4 nitrogen and oxygen atoms in total. The number of hydrogen-bond donors (Lipinski definition) is 1. The van der Waals surface area contributed by atoms with E-state index in [2.05, 4.69) is 15.5 Å². The van der Waals surface area contributed by atoms with Crippen LogP contribution in [0.3, 0.4) is 0 Å². The van der Waals surface area contributed by atoms with Gasteiger partial charge in [-0.15, -0.1) is 0 Å². The zero-order valence-corrected chi connectivity index (χ0v) is 14.5. The molecule has 0 spiro atoms. The normalized spacial score (nSPS) is 17.8. The monoisotopic (exact) mass is 361 g/mol. The Hall–Kier alpha value is -1.75. The molecule has 1 aliphatic heterocycles. The van der Waals surface area contributed by atoms with Gasteiger partial charge in [0.25, 0.3) is 0 Å². The molecule has 24 heavy (non-hydrogen) atoms. The molecule has 1 fully saturated rings. The quantitative estimate of drug-likeness (QED) is 0.767. The van der Waals surface area contributed by atoms with Crippen molar-refractivity contribution >= 4 is 40.2 Å². The number of aliphatic hydroxyl groups excluding tert-OH is 1. The molecule has 0 bridgehead atoms. The van der Waals surface area contributed by atoms with Crippen LogP contribution < -0.4 is 4.90 Å². The third-order valence-corrected chi connectivity index (χ3v) is 5.02. The van der Waals surface area contributed by atoms with Crippen molar-refractivity contribution in [1.29, 1.82) is 0 Å². The fourth-order valence-electron chi connectivity index (χ4n) is 3.22. The summed E-state index contributed by atoms with van der Waals surface area (Å²) < 4.78 is 2.14. The third kappa shape index (κ3) is 2.86. The van der Waals surface area contributed by atoms with Crippen LogP contribution in [0.1, 0.15) is 12.0 Å². The second kappa shape index (κ2) is 6.28. The Bertz CT molecular complexity index is 893. The maximum atomic E-state index is 9.88. The highest BCUT2D eigenvalue weighted by Gasteiger charge is 2.25. The first-order valence-electron chi connectivity index (χ1n) is 7.94. The van der Waals surface area contributed by atoms with E-state index in [0.717, 1.165) is 35.5 Å². The number of aliphatic hydroxyl groups is 1. The minimum Gasteiger partial charge on any atom is -0.391 e. The molecule has 0 saturated carbocycles. The predicted octanol–water partition coefficient (Wildman–Crippen LogP) is 3.96. The Morgan fingerprint density at radius 3 is 2.79 bits per heavy atom. The number of hydrogen-bond acceptors (Lipinski definition) is 3. The van der Waals surface area contributed by atoms with E-state index < -0.39 is 0 Å². The number of fused-ring (bicyclic) bond motifs is 1. The van der Waals surface area contributed by atoms with Crippen molar-refractivity contribution in [3.63, 3.8) is 0 Å². The smallest absolute Gasteiger partial charge is 0.206 e. The van der Waals surface area contributed by atoms with Gasteiger partial charge in [0.1, 0.15) is 0 Å². The Labute approximate surface area is 150 Å². The summed E-state index contributed by atoms with van der Waals surface area (Å²) in [4.78, 5) is 6.91. The lowest BCUT2D eigenvalue weighted by Gasteiger charge is -2.19. The molecule has 0 amide bonds. The number of para-hydroxylation sites is 2. The van der Waals surface area contributed by atoms with Gasteiger partial charge in [0.05, 0.1) is 23.7 Å². The maximum absolute atomic E-state index is 9.88. The molecule has 1 N–H and O–H groups in total. The number of halogens is 2. The van der Waals surface area contributed by atoms with E-state index in [0.29, 0.717) is 23.1 Å². The molecule has 1 atom stereocenters. The van der Waals surface area contributed by atoms with E-state index >= 15 is 0 Å². The van der Waals surface area contributed by atoms with Crippen molar-refractivity contribution in [2.24, 2.45) is 0 Å². The van der Waals surface area contributed by atoms with E-state index in [1.165, 1.54) is 0 Å². The maximum Gasteiger partial charge on any atom is 0.206 e. The second-order valence-electron chi connectivity index (χ2n) is 6.11. The molecule has 2 heterocycles. The van der Waals surface area contributed by atoms with Crippen molar-refractivity contribution in [1.82, 2.24) is 9.55 Å². The van der Waals surface area contributed by atoms with Crippen molar-refractivity contribution in [2.45, 2.75) is 19.1 Å². The Morgan fingerprint density at radius 2 is 2.00 bits per heavy atom. The van der Waals surface area contributed by atoms with Gasteiger partial charge in [-0.1, -0.05) is 35.3 Å². The van der Waals surface area contributed by atoms with Gasteiger partial charge in [-0.05, 0) is 42.3 Å². The van der Waals surface area contributed by atoms with Crippen LogP contribution in [-0.2, 0) is 6.54 Å². The van der Waals surface area contributed by atoms with Gasteiger partial charge in [0.2, 0.25) is 5.95 Å². The van der Waals surface area contributed by atoms with E-state index in [9.17, 15) is 5.11 Å². The van der Waals surface area contributed by atoms with E-state index in [4.69, 9.17) is 28.2 Å². The van der Waals surface area contributed by atoms with Gasteiger partial charge in [-0.25, -0.2) is 4.98 Å². The lowest BCUT2D eigenvalue weighted by molar-refractivity contribution is 0.198. The average Bonchev–Trinajstić information content (AvgIpc) is 3.15. The zero-order chi connectivity index (χ0) is 16.7. The molecule has 6 heteroatoms. The molecule has 0 aliphatic carbocycles. The van der Waals surface area contributed by atoms with E-state index in [1.807, 2.05) is 30.3 Å². The SMILES string of the molecule is O[C@H]1CCN(c2nc3ccccc3n2Cc2cc(Cl)ccc2Cl)C1. The lowest BCUT2D eigenvalue weighted by atomic mass is 10.2. The molecule has 0 unspecified atom stereocenters. The third-order valence-electron chi connectivity index (χ3n) is 4.42.